The molecule has 0 saturated heterocycles. The van der Waals surface area contributed by atoms with Gasteiger partial charge in [-0.3, -0.25) is 60.0 Å². The van der Waals surface area contributed by atoms with Crippen molar-refractivity contribution in [3.63, 3.8) is 0 Å². The number of carbonyl (C=O) groups excluding carboxylic acids is 2. The van der Waals surface area contributed by atoms with Gasteiger partial charge in [0.1, 0.15) is 0 Å². The fourth-order valence-electron chi connectivity index (χ4n) is 2.85. The molecular weight excluding hydrogens is 514 g/mol. The quantitative estimate of drug-likeness (QED) is 0.154. The zero-order chi connectivity index (χ0) is 27.1. The lowest BCUT2D eigenvalue weighted by atomic mass is 10.3. The van der Waals surface area contributed by atoms with Gasteiger partial charge in [0.15, 0.2) is 0 Å². The summed E-state index contributed by atoms with van der Waals surface area (Å²) in [6.07, 6.45) is 2.46. The Kier molecular flexibility index (Phi) is 8.51. The highest BCUT2D eigenvalue weighted by Gasteiger charge is 2.10. The number of halogens is 1. The highest BCUT2D eigenvalue weighted by Crippen LogP contribution is 2.08. The summed E-state index contributed by atoms with van der Waals surface area (Å²) in [6.45, 7) is 3.07. The van der Waals surface area contributed by atoms with Crippen LogP contribution in [-0.4, -0.2) is 45.9 Å². The summed E-state index contributed by atoms with van der Waals surface area (Å²) in [5.41, 5.74) is 7.89. The maximum Gasteiger partial charge on any atom is 0.328 e. The zero-order valence-corrected chi connectivity index (χ0v) is 20.3. The van der Waals surface area contributed by atoms with Crippen molar-refractivity contribution in [3.8, 4) is 0 Å². The molecule has 0 aliphatic heterocycles. The molecule has 0 radical (unpaired) electrons. The van der Waals surface area contributed by atoms with Gasteiger partial charge in [0.25, 0.3) is 11.1 Å². The number of hydrazine groups is 2. The van der Waals surface area contributed by atoms with Gasteiger partial charge in [0.2, 0.25) is 29.0 Å². The van der Waals surface area contributed by atoms with Crippen molar-refractivity contribution in [2.24, 2.45) is 0 Å². The first-order valence-electron chi connectivity index (χ1n) is 10.6. The molecule has 0 unspecified atom stereocenters. The molecule has 0 atom stereocenters. The second-order valence-corrected chi connectivity index (χ2v) is 7.97. The Morgan fingerprint density at radius 3 is 1.59 bits per heavy atom. The van der Waals surface area contributed by atoms with Crippen LogP contribution in [0.2, 0.25) is 5.28 Å². The van der Waals surface area contributed by atoms with E-state index in [0.29, 0.717) is 11.1 Å². The van der Waals surface area contributed by atoms with Gasteiger partial charge in [-0.1, -0.05) is 0 Å². The summed E-state index contributed by atoms with van der Waals surface area (Å²) in [6, 6.07) is 0. The standard InChI is InChI=1S/C19H22ClN11O6/c1-9-7-30(18(36)21-13(9)34)5-3-11(32)26-28-16-23-15(20)24-17(25-16)29-27-12(33)4-6-31-8-10(2)14(35)22-19(31)37/h7-8H,3-6H2,1-2H3,(H,26,32)(H,27,33)(H,21,34,36)(H,22,35,37)(H2,23,24,25,28,29). The van der Waals surface area contributed by atoms with E-state index in [1.165, 1.54) is 35.4 Å². The number of amides is 2. The molecule has 0 fully saturated rings. The van der Waals surface area contributed by atoms with Gasteiger partial charge < -0.3 is 0 Å². The molecule has 3 heterocycles. The zero-order valence-electron chi connectivity index (χ0n) is 19.5. The average Bonchev–Trinajstić information content (AvgIpc) is 2.84. The Morgan fingerprint density at radius 2 is 1.19 bits per heavy atom. The molecular formula is C19H22ClN11O6. The molecule has 0 spiro atoms. The van der Waals surface area contributed by atoms with Crippen LogP contribution in [-0.2, 0) is 22.7 Å². The highest BCUT2D eigenvalue weighted by molar-refractivity contribution is 6.28. The lowest BCUT2D eigenvalue weighted by Gasteiger charge is -2.11. The molecule has 0 aliphatic carbocycles. The molecule has 2 amide bonds. The normalized spacial score (nSPS) is 10.6. The smallest absolute Gasteiger partial charge is 0.300 e. The predicted octanol–water partition coefficient (Wildman–Crippen LogP) is -2.09. The minimum Gasteiger partial charge on any atom is -0.300 e. The number of aryl methyl sites for hydroxylation is 4. The third-order valence-corrected chi connectivity index (χ3v) is 4.94. The number of H-pyrrole nitrogens is 2. The summed E-state index contributed by atoms with van der Waals surface area (Å²) >= 11 is 5.85. The number of rotatable bonds is 10. The molecule has 3 rings (SSSR count). The van der Waals surface area contributed by atoms with E-state index in [9.17, 15) is 28.8 Å². The van der Waals surface area contributed by atoms with Crippen LogP contribution in [0.4, 0.5) is 11.9 Å². The summed E-state index contributed by atoms with van der Waals surface area (Å²) in [5, 5.41) is -0.256. The van der Waals surface area contributed by atoms with Crippen molar-refractivity contribution in [1.82, 2.24) is 44.9 Å². The summed E-state index contributed by atoms with van der Waals surface area (Å²) < 4.78 is 2.38. The van der Waals surface area contributed by atoms with Crippen molar-refractivity contribution < 1.29 is 9.59 Å². The number of nitrogens with zero attached hydrogens (tertiary/aromatic N) is 5. The second kappa shape index (κ2) is 11.8. The van der Waals surface area contributed by atoms with Gasteiger partial charge >= 0.3 is 11.4 Å². The van der Waals surface area contributed by atoms with E-state index < -0.39 is 34.3 Å². The van der Waals surface area contributed by atoms with Gasteiger partial charge in [-0.05, 0) is 25.4 Å². The molecule has 0 aliphatic rings. The number of hydrogen-bond donors (Lipinski definition) is 6. The SMILES string of the molecule is Cc1cn(CCC(=O)NNc2nc(Cl)nc(NNC(=O)CCn3cc(C)c(=O)[nH]c3=O)n2)c(=O)[nH]c1=O. The van der Waals surface area contributed by atoms with E-state index in [4.69, 9.17) is 11.6 Å². The van der Waals surface area contributed by atoms with Gasteiger partial charge in [-0.2, -0.15) is 15.0 Å². The van der Waals surface area contributed by atoms with Crippen molar-refractivity contribution in [2.45, 2.75) is 39.8 Å². The largest absolute Gasteiger partial charge is 0.328 e. The van der Waals surface area contributed by atoms with Gasteiger partial charge in [-0.15, -0.1) is 0 Å². The van der Waals surface area contributed by atoms with Crippen LogP contribution in [0.5, 0.6) is 0 Å². The predicted molar refractivity (Wildman–Crippen MR) is 130 cm³/mol. The van der Waals surface area contributed by atoms with Crippen molar-refractivity contribution in [1.29, 1.82) is 0 Å². The number of aromatic nitrogens is 7. The number of nitrogens with one attached hydrogen (secondary N) is 6. The second-order valence-electron chi connectivity index (χ2n) is 7.63. The number of carbonyl (C=O) groups is 2. The van der Waals surface area contributed by atoms with Crippen LogP contribution in [0.25, 0.3) is 0 Å². The number of anilines is 2. The Labute approximate surface area is 211 Å². The van der Waals surface area contributed by atoms with E-state index in [-0.39, 0.29) is 43.1 Å². The van der Waals surface area contributed by atoms with E-state index in [0.717, 1.165) is 0 Å². The molecule has 0 saturated carbocycles. The first kappa shape index (κ1) is 26.8. The van der Waals surface area contributed by atoms with Gasteiger partial charge in [0.05, 0.1) is 0 Å². The van der Waals surface area contributed by atoms with E-state index in [1.807, 2.05) is 0 Å². The van der Waals surface area contributed by atoms with Crippen LogP contribution in [0.3, 0.4) is 0 Å². The molecule has 3 aromatic rings. The van der Waals surface area contributed by atoms with E-state index in [1.54, 1.807) is 0 Å². The Hall–Kier alpha value is -4.80. The Bertz CT molecular complexity index is 1450. The lowest BCUT2D eigenvalue weighted by Crippen LogP contribution is -2.35. The first-order valence-corrected chi connectivity index (χ1v) is 11.0. The number of hydrogen-bond acceptors (Lipinski definition) is 11. The van der Waals surface area contributed by atoms with Crippen LogP contribution in [0, 0.1) is 13.8 Å². The van der Waals surface area contributed by atoms with Gasteiger partial charge in [-0.25, -0.2) is 9.59 Å². The van der Waals surface area contributed by atoms with Crippen LogP contribution in [0.1, 0.15) is 24.0 Å². The minimum atomic E-state index is -0.640. The molecule has 3 aromatic heterocycles. The van der Waals surface area contributed by atoms with Crippen molar-refractivity contribution >= 4 is 35.3 Å². The van der Waals surface area contributed by atoms with E-state index in [2.05, 4.69) is 46.6 Å². The fourth-order valence-corrected chi connectivity index (χ4v) is 3.01. The van der Waals surface area contributed by atoms with E-state index >= 15 is 0 Å². The van der Waals surface area contributed by atoms with Crippen molar-refractivity contribution in [2.75, 3.05) is 10.9 Å². The maximum absolute atomic E-state index is 12.1. The van der Waals surface area contributed by atoms with Crippen molar-refractivity contribution in [3.05, 3.63) is 70.5 Å². The topological polar surface area (TPSA) is 231 Å². The molecule has 17 nitrogen and oxygen atoms in total. The Morgan fingerprint density at radius 1 is 0.784 bits per heavy atom. The highest BCUT2D eigenvalue weighted by atomic mass is 35.5. The van der Waals surface area contributed by atoms with Crippen LogP contribution in [0.15, 0.2) is 31.6 Å². The summed E-state index contributed by atoms with van der Waals surface area (Å²) in [5.74, 6) is -1.36. The maximum atomic E-state index is 12.1. The van der Waals surface area contributed by atoms with Gasteiger partial charge in [0, 0.05) is 49.5 Å². The average molecular weight is 536 g/mol. The summed E-state index contributed by atoms with van der Waals surface area (Å²) in [7, 11) is 0. The monoisotopic (exact) mass is 535 g/mol. The minimum absolute atomic E-state index is 0.00547. The fraction of sp³-hybridized carbons (Fsp3) is 0.316. The molecule has 0 bridgehead atoms. The molecule has 18 heteroatoms. The summed E-state index contributed by atoms with van der Waals surface area (Å²) in [4.78, 5) is 86.4. The first-order chi connectivity index (χ1) is 17.5. The van der Waals surface area contributed by atoms with Crippen LogP contribution >= 0.6 is 11.6 Å². The third kappa shape index (κ3) is 7.59. The molecule has 196 valence electrons. The Balaban J connectivity index is 1.49. The molecule has 6 N–H and O–H groups in total. The van der Waals surface area contributed by atoms with Crippen LogP contribution < -0.4 is 44.2 Å². The third-order valence-electron chi connectivity index (χ3n) is 4.77. The molecule has 0 aromatic carbocycles. The number of aromatic amines is 2. The molecule has 37 heavy (non-hydrogen) atoms. The lowest BCUT2D eigenvalue weighted by molar-refractivity contribution is -0.121.